The van der Waals surface area contributed by atoms with E-state index in [2.05, 4.69) is 20.8 Å². The average molecular weight is 168 g/mol. The molecule has 11 heavy (non-hydrogen) atoms. The van der Waals surface area contributed by atoms with Gasteiger partial charge in [-0.3, -0.25) is 0 Å². The quantitative estimate of drug-likeness (QED) is 0.534. The van der Waals surface area contributed by atoms with Crippen LogP contribution in [0, 0.1) is 12.8 Å². The zero-order chi connectivity index (χ0) is 7.82. The lowest BCUT2D eigenvalue weighted by molar-refractivity contribution is 0.424. The molecule has 1 radical (unpaired) electrons. The minimum absolute atomic E-state index is 0. The standard InChI is InChI=1S/C10H21.Mg.2H/c1-4-7-9-10(6-3)8-5-2;;;/h10H,2,4-9H2,1,3H3;;;. The Balaban J connectivity index is 0. The minimum atomic E-state index is 0. The predicted octanol–water partition coefficient (Wildman–Crippen LogP) is 2.90. The Morgan fingerprint density at radius 3 is 2.18 bits per heavy atom. The summed E-state index contributed by atoms with van der Waals surface area (Å²) in [5.41, 5.74) is 0. The lowest BCUT2D eigenvalue weighted by Crippen LogP contribution is -1.97. The van der Waals surface area contributed by atoms with Crippen molar-refractivity contribution in [1.82, 2.24) is 0 Å². The van der Waals surface area contributed by atoms with Gasteiger partial charge >= 0.3 is 23.1 Å². The molecule has 0 aliphatic rings. The van der Waals surface area contributed by atoms with E-state index in [0.717, 1.165) is 12.3 Å². The van der Waals surface area contributed by atoms with E-state index >= 15 is 0 Å². The van der Waals surface area contributed by atoms with Gasteiger partial charge in [-0.1, -0.05) is 59.3 Å². The molecule has 0 bridgehead atoms. The van der Waals surface area contributed by atoms with E-state index in [0.29, 0.717) is 0 Å². The van der Waals surface area contributed by atoms with Crippen LogP contribution in [-0.2, 0) is 0 Å². The van der Waals surface area contributed by atoms with Gasteiger partial charge in [0.05, 0.1) is 0 Å². The van der Waals surface area contributed by atoms with E-state index < -0.39 is 0 Å². The highest BCUT2D eigenvalue weighted by molar-refractivity contribution is 5.75. The van der Waals surface area contributed by atoms with Gasteiger partial charge in [0.1, 0.15) is 0 Å². The van der Waals surface area contributed by atoms with Crippen molar-refractivity contribution in [2.24, 2.45) is 5.92 Å². The molecule has 0 aliphatic carbocycles. The van der Waals surface area contributed by atoms with E-state index in [4.69, 9.17) is 0 Å². The molecule has 0 aromatic carbocycles. The summed E-state index contributed by atoms with van der Waals surface area (Å²) in [5.74, 6) is 0.956. The van der Waals surface area contributed by atoms with Crippen molar-refractivity contribution in [3.8, 4) is 0 Å². The zero-order valence-electron chi connectivity index (χ0n) is 7.53. The van der Waals surface area contributed by atoms with Gasteiger partial charge in [0, 0.05) is 0 Å². The molecule has 65 valence electrons. The van der Waals surface area contributed by atoms with Crippen LogP contribution in [0.2, 0.25) is 0 Å². The molecule has 0 aromatic rings. The zero-order valence-corrected chi connectivity index (χ0v) is 7.53. The van der Waals surface area contributed by atoms with Crippen LogP contribution in [0.3, 0.4) is 0 Å². The van der Waals surface area contributed by atoms with Crippen LogP contribution in [0.1, 0.15) is 52.4 Å². The summed E-state index contributed by atoms with van der Waals surface area (Å²) in [7, 11) is 0. The third-order valence-electron chi connectivity index (χ3n) is 2.16. The van der Waals surface area contributed by atoms with Gasteiger partial charge in [0.2, 0.25) is 0 Å². The molecular weight excluding hydrogens is 144 g/mol. The number of hydrogen-bond acceptors (Lipinski definition) is 0. The van der Waals surface area contributed by atoms with Gasteiger partial charge in [-0.05, 0) is 5.92 Å². The topological polar surface area (TPSA) is 0 Å². The first-order chi connectivity index (χ1) is 4.85. The average Bonchev–Trinajstić information content (AvgIpc) is 1.98. The number of unbranched alkanes of at least 4 members (excludes halogenated alkanes) is 1. The van der Waals surface area contributed by atoms with E-state index in [1.807, 2.05) is 0 Å². The maximum Gasteiger partial charge on any atom is 0.316 e. The van der Waals surface area contributed by atoms with Gasteiger partial charge in [-0.25, -0.2) is 0 Å². The van der Waals surface area contributed by atoms with Crippen LogP contribution >= 0.6 is 0 Å². The van der Waals surface area contributed by atoms with Crippen LogP contribution in [0.4, 0.5) is 0 Å². The van der Waals surface area contributed by atoms with Crippen molar-refractivity contribution in [1.29, 1.82) is 0 Å². The summed E-state index contributed by atoms with van der Waals surface area (Å²) in [6, 6.07) is 0. The second-order valence-corrected chi connectivity index (χ2v) is 3.06. The fraction of sp³-hybridized carbons (Fsp3) is 0.900. The molecule has 0 aromatic heterocycles. The fourth-order valence-electron chi connectivity index (χ4n) is 1.33. The highest BCUT2D eigenvalue weighted by Crippen LogP contribution is 2.17. The maximum absolute atomic E-state index is 3.88. The van der Waals surface area contributed by atoms with Crippen molar-refractivity contribution in [2.45, 2.75) is 52.4 Å². The molecule has 1 heteroatoms. The van der Waals surface area contributed by atoms with Crippen LogP contribution in [0.25, 0.3) is 0 Å². The molecule has 0 amide bonds. The molecule has 1 unspecified atom stereocenters. The van der Waals surface area contributed by atoms with Crippen molar-refractivity contribution >= 4 is 23.1 Å². The van der Waals surface area contributed by atoms with Crippen LogP contribution in [0.5, 0.6) is 0 Å². The molecule has 0 N–H and O–H groups in total. The predicted molar refractivity (Wildman–Crippen MR) is 56.4 cm³/mol. The summed E-state index contributed by atoms with van der Waals surface area (Å²) in [6.45, 7) is 8.43. The first-order valence-corrected chi connectivity index (χ1v) is 4.64. The molecule has 0 fully saturated rings. The summed E-state index contributed by atoms with van der Waals surface area (Å²) in [4.78, 5) is 0. The Hall–Kier alpha value is 0.766. The smallest absolute Gasteiger partial charge is 0.0654 e. The Morgan fingerprint density at radius 1 is 1.18 bits per heavy atom. The molecule has 0 heterocycles. The summed E-state index contributed by atoms with van der Waals surface area (Å²) in [5, 5.41) is 0. The van der Waals surface area contributed by atoms with Crippen molar-refractivity contribution in [2.75, 3.05) is 0 Å². The minimum Gasteiger partial charge on any atom is -0.0654 e. The molecular formula is C10H23Mg. The highest BCUT2D eigenvalue weighted by Gasteiger charge is 2.02. The summed E-state index contributed by atoms with van der Waals surface area (Å²) >= 11 is 0. The largest absolute Gasteiger partial charge is 0.316 e. The van der Waals surface area contributed by atoms with Crippen LogP contribution < -0.4 is 0 Å². The Morgan fingerprint density at radius 2 is 1.82 bits per heavy atom. The Kier molecular flexibility index (Phi) is 14.0. The van der Waals surface area contributed by atoms with E-state index in [1.165, 1.54) is 32.1 Å². The van der Waals surface area contributed by atoms with Gasteiger partial charge in [0.15, 0.2) is 0 Å². The highest BCUT2D eigenvalue weighted by atomic mass is 24.3. The van der Waals surface area contributed by atoms with E-state index in [-0.39, 0.29) is 23.1 Å². The lowest BCUT2D eigenvalue weighted by atomic mass is 9.95. The van der Waals surface area contributed by atoms with Crippen molar-refractivity contribution in [3.63, 3.8) is 0 Å². The monoisotopic (exact) mass is 167 g/mol. The Bertz CT molecular complexity index is 61.9. The van der Waals surface area contributed by atoms with E-state index in [1.54, 1.807) is 0 Å². The number of hydrogen-bond donors (Lipinski definition) is 0. The SMILES string of the molecule is [CH2]CCC(CC)CCCC.[MgH2]. The molecule has 0 saturated carbocycles. The Labute approximate surface area is 88.3 Å². The molecule has 0 aliphatic heterocycles. The van der Waals surface area contributed by atoms with E-state index in [9.17, 15) is 0 Å². The summed E-state index contributed by atoms with van der Waals surface area (Å²) < 4.78 is 0. The van der Waals surface area contributed by atoms with Gasteiger partial charge < -0.3 is 0 Å². The third-order valence-corrected chi connectivity index (χ3v) is 2.16. The molecule has 1 atom stereocenters. The molecule has 0 nitrogen and oxygen atoms in total. The second kappa shape index (κ2) is 10.8. The summed E-state index contributed by atoms with van der Waals surface area (Å²) in [6.07, 6.45) is 7.95. The van der Waals surface area contributed by atoms with Gasteiger partial charge in [-0.15, -0.1) is 0 Å². The maximum atomic E-state index is 3.88. The van der Waals surface area contributed by atoms with Crippen molar-refractivity contribution in [3.05, 3.63) is 6.92 Å². The lowest BCUT2D eigenvalue weighted by Gasteiger charge is -2.11. The first kappa shape index (κ1) is 14.3. The van der Waals surface area contributed by atoms with Crippen LogP contribution in [0.15, 0.2) is 0 Å². The molecule has 0 saturated heterocycles. The van der Waals surface area contributed by atoms with Crippen molar-refractivity contribution < 1.29 is 0 Å². The van der Waals surface area contributed by atoms with Gasteiger partial charge in [-0.2, -0.15) is 0 Å². The van der Waals surface area contributed by atoms with Crippen LogP contribution in [-0.4, -0.2) is 23.1 Å². The normalized spacial score (nSPS) is 12.3. The fourth-order valence-corrected chi connectivity index (χ4v) is 1.33. The molecule has 0 spiro atoms. The third kappa shape index (κ3) is 8.67. The van der Waals surface area contributed by atoms with Gasteiger partial charge in [0.25, 0.3) is 0 Å². The second-order valence-electron chi connectivity index (χ2n) is 3.06. The number of rotatable bonds is 6. The first-order valence-electron chi connectivity index (χ1n) is 4.64. The molecule has 0 rings (SSSR count).